The molecule has 8 heteroatoms. The van der Waals surface area contributed by atoms with Crippen molar-refractivity contribution in [1.82, 2.24) is 24.2 Å². The van der Waals surface area contributed by atoms with Crippen molar-refractivity contribution in [3.8, 4) is 0 Å². The van der Waals surface area contributed by atoms with Gasteiger partial charge in [0.25, 0.3) is 5.56 Å². The van der Waals surface area contributed by atoms with Crippen LogP contribution >= 0.6 is 0 Å². The maximum atomic E-state index is 12.8. The lowest BCUT2D eigenvalue weighted by atomic mass is 10.2. The average Bonchev–Trinajstić information content (AvgIpc) is 3.03. The Morgan fingerprint density at radius 3 is 2.77 bits per heavy atom. The van der Waals surface area contributed by atoms with Crippen molar-refractivity contribution in [1.29, 1.82) is 0 Å². The van der Waals surface area contributed by atoms with E-state index in [0.29, 0.717) is 30.7 Å². The number of carbonyl (C=O) groups excluding carboxylic acids is 1. The molecular formula is C18H21N5O3. The molecule has 1 aromatic carbocycles. The predicted molar refractivity (Wildman–Crippen MR) is 96.5 cm³/mol. The van der Waals surface area contributed by atoms with E-state index >= 15 is 0 Å². The summed E-state index contributed by atoms with van der Waals surface area (Å²) in [4.78, 5) is 31.2. The van der Waals surface area contributed by atoms with E-state index in [1.807, 2.05) is 30.3 Å². The molecule has 0 fully saturated rings. The molecule has 136 valence electrons. The fraction of sp³-hybridized carbons (Fsp3) is 0.333. The number of fused-ring (bicyclic) bond motifs is 1. The Morgan fingerprint density at radius 1 is 1.27 bits per heavy atom. The van der Waals surface area contributed by atoms with Crippen molar-refractivity contribution in [3.63, 3.8) is 0 Å². The Hall–Kier alpha value is -3.00. The van der Waals surface area contributed by atoms with Crippen molar-refractivity contribution in [3.05, 3.63) is 58.8 Å². The van der Waals surface area contributed by atoms with Gasteiger partial charge in [0, 0.05) is 27.2 Å². The first kappa shape index (κ1) is 17.8. The highest BCUT2D eigenvalue weighted by molar-refractivity contribution is 5.77. The number of ether oxygens (including phenoxy) is 1. The molecule has 0 saturated carbocycles. The second-order valence-electron chi connectivity index (χ2n) is 5.98. The molecule has 0 bridgehead atoms. The van der Waals surface area contributed by atoms with Gasteiger partial charge in [0.05, 0.1) is 12.8 Å². The summed E-state index contributed by atoms with van der Waals surface area (Å²) >= 11 is 0. The standard InChI is InChI=1S/C18H21N5O3/c1-21-17-15(10-20-21)18(25)23(13-19-17)12-16(24)22(8-9-26-2)11-14-6-4-3-5-7-14/h3-7,10,13H,8-9,11-12H2,1-2H3. The zero-order valence-corrected chi connectivity index (χ0v) is 14.8. The molecule has 0 aliphatic heterocycles. The maximum absolute atomic E-state index is 12.8. The fourth-order valence-electron chi connectivity index (χ4n) is 2.72. The van der Waals surface area contributed by atoms with Gasteiger partial charge in [-0.2, -0.15) is 5.10 Å². The third-order valence-electron chi connectivity index (χ3n) is 4.16. The molecule has 0 aliphatic rings. The molecule has 8 nitrogen and oxygen atoms in total. The molecule has 2 heterocycles. The molecule has 0 N–H and O–H groups in total. The fourth-order valence-corrected chi connectivity index (χ4v) is 2.72. The molecule has 3 rings (SSSR count). The van der Waals surface area contributed by atoms with Crippen LogP contribution in [0.4, 0.5) is 0 Å². The van der Waals surface area contributed by atoms with E-state index in [9.17, 15) is 9.59 Å². The first-order valence-corrected chi connectivity index (χ1v) is 8.28. The Morgan fingerprint density at radius 2 is 2.04 bits per heavy atom. The molecule has 0 atom stereocenters. The molecule has 26 heavy (non-hydrogen) atoms. The SMILES string of the molecule is COCCN(Cc1ccccc1)C(=O)Cn1cnc2c(cnn2C)c1=O. The van der Waals surface area contributed by atoms with Crippen LogP contribution in [0.25, 0.3) is 11.0 Å². The predicted octanol–water partition coefficient (Wildman–Crippen LogP) is 0.805. The molecular weight excluding hydrogens is 334 g/mol. The summed E-state index contributed by atoms with van der Waals surface area (Å²) < 4.78 is 7.96. The van der Waals surface area contributed by atoms with Gasteiger partial charge in [0.15, 0.2) is 5.65 Å². The van der Waals surface area contributed by atoms with E-state index in [4.69, 9.17) is 4.74 Å². The van der Waals surface area contributed by atoms with E-state index in [-0.39, 0.29) is 18.0 Å². The first-order chi connectivity index (χ1) is 12.6. The highest BCUT2D eigenvalue weighted by Gasteiger charge is 2.17. The Labute approximate surface area is 150 Å². The van der Waals surface area contributed by atoms with Crippen molar-refractivity contribution in [2.45, 2.75) is 13.1 Å². The van der Waals surface area contributed by atoms with Crippen molar-refractivity contribution < 1.29 is 9.53 Å². The summed E-state index contributed by atoms with van der Waals surface area (Å²) in [5, 5.41) is 4.43. The lowest BCUT2D eigenvalue weighted by molar-refractivity contribution is -0.133. The zero-order chi connectivity index (χ0) is 18.5. The van der Waals surface area contributed by atoms with Crippen LogP contribution in [0.2, 0.25) is 0 Å². The summed E-state index contributed by atoms with van der Waals surface area (Å²) in [7, 11) is 3.31. The molecule has 0 unspecified atom stereocenters. The van der Waals surface area contributed by atoms with Crippen LogP contribution in [0.1, 0.15) is 5.56 Å². The number of nitrogens with zero attached hydrogens (tertiary/aromatic N) is 5. The van der Waals surface area contributed by atoms with E-state index < -0.39 is 0 Å². The first-order valence-electron chi connectivity index (χ1n) is 8.28. The van der Waals surface area contributed by atoms with Crippen molar-refractivity contribution in [2.24, 2.45) is 7.05 Å². The van der Waals surface area contributed by atoms with E-state index in [0.717, 1.165) is 5.56 Å². The molecule has 3 aromatic rings. The van der Waals surface area contributed by atoms with Gasteiger partial charge >= 0.3 is 0 Å². The molecule has 0 radical (unpaired) electrons. The van der Waals surface area contributed by atoms with Crippen molar-refractivity contribution in [2.75, 3.05) is 20.3 Å². The summed E-state index contributed by atoms with van der Waals surface area (Å²) in [5.74, 6) is -0.168. The molecule has 0 aliphatic carbocycles. The van der Waals surface area contributed by atoms with Gasteiger partial charge in [-0.3, -0.25) is 18.8 Å². The summed E-state index contributed by atoms with van der Waals surface area (Å²) in [6, 6.07) is 9.71. The normalized spacial score (nSPS) is 11.0. The summed E-state index contributed by atoms with van der Waals surface area (Å²) in [6.45, 7) is 1.25. The number of aryl methyl sites for hydroxylation is 1. The Kier molecular flexibility index (Phi) is 5.43. The van der Waals surface area contributed by atoms with Gasteiger partial charge in [0.1, 0.15) is 18.3 Å². The van der Waals surface area contributed by atoms with Crippen LogP contribution in [0.5, 0.6) is 0 Å². The maximum Gasteiger partial charge on any atom is 0.264 e. The monoisotopic (exact) mass is 355 g/mol. The molecule has 0 saturated heterocycles. The number of aromatic nitrogens is 4. The second-order valence-corrected chi connectivity index (χ2v) is 5.98. The summed E-state index contributed by atoms with van der Waals surface area (Å²) in [5.41, 5.74) is 1.24. The number of hydrogen-bond acceptors (Lipinski definition) is 5. The highest BCUT2D eigenvalue weighted by Crippen LogP contribution is 2.07. The third-order valence-corrected chi connectivity index (χ3v) is 4.16. The number of amides is 1. The van der Waals surface area contributed by atoms with Crippen LogP contribution in [0, 0.1) is 0 Å². The summed E-state index contributed by atoms with van der Waals surface area (Å²) in [6.07, 6.45) is 2.86. The number of rotatable bonds is 7. The zero-order valence-electron chi connectivity index (χ0n) is 14.8. The van der Waals surface area contributed by atoms with Crippen LogP contribution in [0.3, 0.4) is 0 Å². The smallest absolute Gasteiger partial charge is 0.264 e. The average molecular weight is 355 g/mol. The second kappa shape index (κ2) is 7.92. The van der Waals surface area contributed by atoms with E-state index in [2.05, 4.69) is 10.1 Å². The minimum Gasteiger partial charge on any atom is -0.383 e. The number of benzene rings is 1. The van der Waals surface area contributed by atoms with Gasteiger partial charge in [-0.05, 0) is 5.56 Å². The van der Waals surface area contributed by atoms with Gasteiger partial charge in [-0.1, -0.05) is 30.3 Å². The van der Waals surface area contributed by atoms with Crippen molar-refractivity contribution >= 4 is 16.9 Å². The third kappa shape index (κ3) is 3.80. The number of hydrogen-bond donors (Lipinski definition) is 0. The van der Waals surface area contributed by atoms with E-state index in [1.54, 1.807) is 19.1 Å². The number of methoxy groups -OCH3 is 1. The topological polar surface area (TPSA) is 82.2 Å². The minimum atomic E-state index is -0.275. The quantitative estimate of drug-likeness (QED) is 0.626. The minimum absolute atomic E-state index is 0.0762. The lowest BCUT2D eigenvalue weighted by Gasteiger charge is -2.23. The molecule has 2 aromatic heterocycles. The highest BCUT2D eigenvalue weighted by atomic mass is 16.5. The van der Waals surface area contributed by atoms with E-state index in [1.165, 1.54) is 21.8 Å². The van der Waals surface area contributed by atoms with Gasteiger partial charge < -0.3 is 9.64 Å². The van der Waals surface area contributed by atoms with Crippen LogP contribution in [-0.2, 0) is 29.7 Å². The van der Waals surface area contributed by atoms with Crippen LogP contribution in [-0.4, -0.2) is 50.4 Å². The lowest BCUT2D eigenvalue weighted by Crippen LogP contribution is -2.38. The van der Waals surface area contributed by atoms with Crippen LogP contribution in [0.15, 0.2) is 47.7 Å². The molecule has 0 spiro atoms. The number of carbonyl (C=O) groups is 1. The Bertz CT molecular complexity index is 948. The largest absolute Gasteiger partial charge is 0.383 e. The van der Waals surface area contributed by atoms with Gasteiger partial charge in [-0.25, -0.2) is 4.98 Å². The van der Waals surface area contributed by atoms with Gasteiger partial charge in [0.2, 0.25) is 5.91 Å². The Balaban J connectivity index is 1.80. The molecule has 1 amide bonds. The van der Waals surface area contributed by atoms with Crippen LogP contribution < -0.4 is 5.56 Å². The van der Waals surface area contributed by atoms with Gasteiger partial charge in [-0.15, -0.1) is 0 Å².